The van der Waals surface area contributed by atoms with Gasteiger partial charge in [0.1, 0.15) is 17.5 Å². The number of nitrogens with zero attached hydrogens (tertiary/aromatic N) is 2. The molecule has 4 nitrogen and oxygen atoms in total. The second-order valence-electron chi connectivity index (χ2n) is 3.07. The summed E-state index contributed by atoms with van der Waals surface area (Å²) in [6, 6.07) is 0. The van der Waals surface area contributed by atoms with Crippen LogP contribution in [0.3, 0.4) is 0 Å². The fourth-order valence-electron chi connectivity index (χ4n) is 1.12. The molecule has 0 bridgehead atoms. The largest absolute Gasteiger partial charge is 0.480 e. The number of imidazole rings is 1. The van der Waals surface area contributed by atoms with Crippen molar-refractivity contribution in [2.45, 2.75) is 26.3 Å². The van der Waals surface area contributed by atoms with Gasteiger partial charge in [-0.3, -0.25) is 4.79 Å². The molecule has 0 radical (unpaired) electrons. The van der Waals surface area contributed by atoms with Gasteiger partial charge in [-0.1, -0.05) is 25.4 Å². The normalized spacial score (nSPS) is 10.8. The van der Waals surface area contributed by atoms with E-state index in [-0.39, 0.29) is 12.5 Å². The third kappa shape index (κ3) is 2.21. The van der Waals surface area contributed by atoms with E-state index >= 15 is 0 Å². The minimum absolute atomic E-state index is 0.133. The Morgan fingerprint density at radius 3 is 2.85 bits per heavy atom. The van der Waals surface area contributed by atoms with Crippen LogP contribution < -0.4 is 0 Å². The highest BCUT2D eigenvalue weighted by atomic mass is 35.5. The molecule has 1 heterocycles. The number of aromatic nitrogens is 2. The van der Waals surface area contributed by atoms with E-state index in [0.717, 1.165) is 0 Å². The van der Waals surface area contributed by atoms with Crippen molar-refractivity contribution in [3.8, 4) is 0 Å². The van der Waals surface area contributed by atoms with Crippen LogP contribution in [-0.2, 0) is 11.3 Å². The van der Waals surface area contributed by atoms with Gasteiger partial charge in [0, 0.05) is 5.92 Å². The van der Waals surface area contributed by atoms with E-state index in [1.165, 1.54) is 10.8 Å². The monoisotopic (exact) mass is 202 g/mol. The third-order valence-corrected chi connectivity index (χ3v) is 1.95. The zero-order valence-electron chi connectivity index (χ0n) is 7.49. The van der Waals surface area contributed by atoms with E-state index in [1.807, 2.05) is 13.8 Å². The lowest BCUT2D eigenvalue weighted by molar-refractivity contribution is -0.137. The van der Waals surface area contributed by atoms with Crippen molar-refractivity contribution in [2.75, 3.05) is 0 Å². The van der Waals surface area contributed by atoms with Gasteiger partial charge in [0.2, 0.25) is 0 Å². The van der Waals surface area contributed by atoms with Crippen molar-refractivity contribution in [2.24, 2.45) is 0 Å². The molecule has 0 aliphatic rings. The molecule has 0 unspecified atom stereocenters. The first-order chi connectivity index (χ1) is 6.02. The molecule has 0 amide bonds. The van der Waals surface area contributed by atoms with E-state index in [9.17, 15) is 4.79 Å². The van der Waals surface area contributed by atoms with Crippen LogP contribution in [0.1, 0.15) is 25.6 Å². The summed E-state index contributed by atoms with van der Waals surface area (Å²) in [4.78, 5) is 14.5. The maximum absolute atomic E-state index is 10.5. The lowest BCUT2D eigenvalue weighted by Gasteiger charge is -2.08. The zero-order valence-corrected chi connectivity index (χ0v) is 8.25. The van der Waals surface area contributed by atoms with Crippen molar-refractivity contribution >= 4 is 17.6 Å². The fourth-order valence-corrected chi connectivity index (χ4v) is 1.32. The molecule has 1 aromatic heterocycles. The Morgan fingerprint density at radius 1 is 1.77 bits per heavy atom. The number of carboxylic acid groups (broad SMARTS) is 1. The van der Waals surface area contributed by atoms with E-state index in [0.29, 0.717) is 11.0 Å². The van der Waals surface area contributed by atoms with Gasteiger partial charge in [-0.05, 0) is 0 Å². The SMILES string of the molecule is CC(C)c1ncc(Cl)n1CC(=O)O. The molecule has 1 aromatic rings. The van der Waals surface area contributed by atoms with Gasteiger partial charge in [0.25, 0.3) is 0 Å². The minimum Gasteiger partial charge on any atom is -0.480 e. The smallest absolute Gasteiger partial charge is 0.323 e. The van der Waals surface area contributed by atoms with Crippen LogP contribution in [0.25, 0.3) is 0 Å². The van der Waals surface area contributed by atoms with Gasteiger partial charge in [-0.25, -0.2) is 4.98 Å². The van der Waals surface area contributed by atoms with Crippen molar-refractivity contribution in [3.05, 3.63) is 17.2 Å². The first-order valence-corrected chi connectivity index (χ1v) is 4.33. The number of aliphatic carboxylic acids is 1. The van der Waals surface area contributed by atoms with Gasteiger partial charge < -0.3 is 9.67 Å². The third-order valence-electron chi connectivity index (χ3n) is 1.65. The molecule has 0 fully saturated rings. The molecule has 13 heavy (non-hydrogen) atoms. The molecule has 0 atom stereocenters. The molecule has 0 aliphatic heterocycles. The number of hydrogen-bond donors (Lipinski definition) is 1. The van der Waals surface area contributed by atoms with E-state index in [1.54, 1.807) is 0 Å². The lowest BCUT2D eigenvalue weighted by atomic mass is 10.2. The molecule has 0 saturated carbocycles. The van der Waals surface area contributed by atoms with Crippen LogP contribution in [0.2, 0.25) is 5.15 Å². The standard InChI is InChI=1S/C8H11ClN2O2/c1-5(2)8-10-3-6(9)11(8)4-7(12)13/h3,5H,4H2,1-2H3,(H,12,13). The maximum atomic E-state index is 10.5. The lowest BCUT2D eigenvalue weighted by Crippen LogP contribution is -2.12. The molecule has 1 N–H and O–H groups in total. The van der Waals surface area contributed by atoms with Crippen molar-refractivity contribution in [1.82, 2.24) is 9.55 Å². The second kappa shape index (κ2) is 3.79. The van der Waals surface area contributed by atoms with Crippen LogP contribution in [0.4, 0.5) is 0 Å². The molecule has 0 aromatic carbocycles. The van der Waals surface area contributed by atoms with Crippen LogP contribution in [0, 0.1) is 0 Å². The molecule has 5 heteroatoms. The Morgan fingerprint density at radius 2 is 2.38 bits per heavy atom. The molecular weight excluding hydrogens is 192 g/mol. The van der Waals surface area contributed by atoms with Crippen LogP contribution in [0.15, 0.2) is 6.20 Å². The van der Waals surface area contributed by atoms with Gasteiger partial charge in [0.05, 0.1) is 6.20 Å². The van der Waals surface area contributed by atoms with Crippen LogP contribution in [-0.4, -0.2) is 20.6 Å². The Labute approximate surface area is 81.2 Å². The second-order valence-corrected chi connectivity index (χ2v) is 3.46. The summed E-state index contributed by atoms with van der Waals surface area (Å²) in [5, 5.41) is 8.98. The number of rotatable bonds is 3. The first-order valence-electron chi connectivity index (χ1n) is 3.95. The molecule has 1 rings (SSSR count). The topological polar surface area (TPSA) is 55.1 Å². The van der Waals surface area contributed by atoms with Crippen LogP contribution in [0.5, 0.6) is 0 Å². The number of halogens is 1. The van der Waals surface area contributed by atoms with Crippen LogP contribution >= 0.6 is 11.6 Å². The summed E-state index contributed by atoms with van der Waals surface area (Å²) >= 11 is 5.77. The number of carboxylic acids is 1. The highest BCUT2D eigenvalue weighted by Gasteiger charge is 2.13. The van der Waals surface area contributed by atoms with Gasteiger partial charge in [-0.15, -0.1) is 0 Å². The van der Waals surface area contributed by atoms with E-state index in [4.69, 9.17) is 16.7 Å². The number of hydrogen-bond acceptors (Lipinski definition) is 2. The summed E-state index contributed by atoms with van der Waals surface area (Å²) in [5.74, 6) is -0.0407. The molecular formula is C8H11ClN2O2. The van der Waals surface area contributed by atoms with E-state index < -0.39 is 5.97 Å². The molecule has 0 aliphatic carbocycles. The zero-order chi connectivity index (χ0) is 10.0. The predicted octanol–water partition coefficient (Wildman–Crippen LogP) is 1.74. The Balaban J connectivity index is 3.01. The molecule has 0 spiro atoms. The summed E-state index contributed by atoms with van der Waals surface area (Å²) in [5.41, 5.74) is 0. The Hall–Kier alpha value is -1.03. The van der Waals surface area contributed by atoms with Gasteiger partial charge in [0.15, 0.2) is 0 Å². The first kappa shape index (κ1) is 10.1. The van der Waals surface area contributed by atoms with Gasteiger partial charge in [-0.2, -0.15) is 0 Å². The number of carbonyl (C=O) groups is 1. The highest BCUT2D eigenvalue weighted by Crippen LogP contribution is 2.18. The Bertz CT molecular complexity index is 320. The predicted molar refractivity (Wildman–Crippen MR) is 49.0 cm³/mol. The summed E-state index contributed by atoms with van der Waals surface area (Å²) < 4.78 is 1.49. The van der Waals surface area contributed by atoms with Gasteiger partial charge >= 0.3 is 5.97 Å². The highest BCUT2D eigenvalue weighted by molar-refractivity contribution is 6.29. The Kier molecular flexibility index (Phi) is 2.93. The molecule has 0 saturated heterocycles. The maximum Gasteiger partial charge on any atom is 0.323 e. The average molecular weight is 203 g/mol. The summed E-state index contributed by atoms with van der Waals surface area (Å²) in [6.07, 6.45) is 1.47. The minimum atomic E-state index is -0.915. The van der Waals surface area contributed by atoms with Crippen molar-refractivity contribution in [1.29, 1.82) is 0 Å². The quantitative estimate of drug-likeness (QED) is 0.813. The van der Waals surface area contributed by atoms with E-state index in [2.05, 4.69) is 4.98 Å². The molecule has 72 valence electrons. The fraction of sp³-hybridized carbons (Fsp3) is 0.500. The average Bonchev–Trinajstić information content (AvgIpc) is 2.32. The van der Waals surface area contributed by atoms with Crippen molar-refractivity contribution in [3.63, 3.8) is 0 Å². The van der Waals surface area contributed by atoms with Crippen molar-refractivity contribution < 1.29 is 9.90 Å². The summed E-state index contributed by atoms with van der Waals surface area (Å²) in [7, 11) is 0. The summed E-state index contributed by atoms with van der Waals surface area (Å²) in [6.45, 7) is 3.75.